The number of ether oxygens (including phenoxy) is 1. The van der Waals surface area contributed by atoms with Crippen LogP contribution in [0.2, 0.25) is 5.02 Å². The maximum absolute atomic E-state index is 12.9. The SMILES string of the molecule is CCOc1ccc(-c2ccc(C(=O)Nc3ccc4nc(N(C)CCN(C)C)sc4c3)cc2)c(Cl)c1.Cl. The van der Waals surface area contributed by atoms with Gasteiger partial charge in [0.1, 0.15) is 5.75 Å². The van der Waals surface area contributed by atoms with Crippen molar-refractivity contribution in [3.05, 3.63) is 71.2 Å². The number of likely N-dealkylation sites (N-methyl/N-ethyl adjacent to an activating group) is 2. The van der Waals surface area contributed by atoms with Crippen LogP contribution in [0.5, 0.6) is 5.75 Å². The third-order valence-corrected chi connectivity index (χ3v) is 7.00. The van der Waals surface area contributed by atoms with Crippen LogP contribution in [0, 0.1) is 0 Å². The molecule has 4 rings (SSSR count). The number of hydrogen-bond acceptors (Lipinski definition) is 6. The summed E-state index contributed by atoms with van der Waals surface area (Å²) in [4.78, 5) is 21.9. The molecule has 0 aliphatic heterocycles. The van der Waals surface area contributed by atoms with E-state index in [1.807, 2.05) is 62.5 Å². The molecule has 36 heavy (non-hydrogen) atoms. The minimum Gasteiger partial charge on any atom is -0.494 e. The van der Waals surface area contributed by atoms with Gasteiger partial charge in [-0.25, -0.2) is 4.98 Å². The summed E-state index contributed by atoms with van der Waals surface area (Å²) < 4.78 is 6.54. The van der Waals surface area contributed by atoms with Gasteiger partial charge in [-0.3, -0.25) is 4.79 Å². The first-order chi connectivity index (χ1) is 16.8. The van der Waals surface area contributed by atoms with Crippen LogP contribution in [0.3, 0.4) is 0 Å². The summed E-state index contributed by atoms with van der Waals surface area (Å²) in [5.41, 5.74) is 4.07. The highest BCUT2D eigenvalue weighted by Gasteiger charge is 2.12. The zero-order valence-corrected chi connectivity index (χ0v) is 23.1. The number of anilines is 2. The van der Waals surface area contributed by atoms with Crippen molar-refractivity contribution in [1.82, 2.24) is 9.88 Å². The maximum atomic E-state index is 12.9. The van der Waals surface area contributed by atoms with Crippen LogP contribution in [-0.2, 0) is 0 Å². The van der Waals surface area contributed by atoms with Gasteiger partial charge in [-0.15, -0.1) is 12.4 Å². The smallest absolute Gasteiger partial charge is 0.255 e. The fourth-order valence-electron chi connectivity index (χ4n) is 3.59. The molecular formula is C27H30Cl2N4O2S. The summed E-state index contributed by atoms with van der Waals surface area (Å²) in [5.74, 6) is 0.573. The molecule has 0 radical (unpaired) electrons. The van der Waals surface area contributed by atoms with Gasteiger partial charge >= 0.3 is 0 Å². The van der Waals surface area contributed by atoms with Gasteiger partial charge < -0.3 is 19.9 Å². The van der Waals surface area contributed by atoms with Gasteiger partial charge in [0, 0.05) is 37.0 Å². The number of carbonyl (C=O) groups is 1. The van der Waals surface area contributed by atoms with E-state index in [0.717, 1.165) is 51.0 Å². The summed E-state index contributed by atoms with van der Waals surface area (Å²) in [5, 5.41) is 4.57. The van der Waals surface area contributed by atoms with E-state index >= 15 is 0 Å². The quantitative estimate of drug-likeness (QED) is 0.254. The van der Waals surface area contributed by atoms with Crippen molar-refractivity contribution in [2.45, 2.75) is 6.92 Å². The molecule has 1 amide bonds. The Morgan fingerprint density at radius 1 is 1.03 bits per heavy atom. The van der Waals surface area contributed by atoms with Crippen molar-refractivity contribution in [2.24, 2.45) is 0 Å². The van der Waals surface area contributed by atoms with Crippen LogP contribution in [0.4, 0.5) is 10.8 Å². The molecule has 0 aliphatic carbocycles. The van der Waals surface area contributed by atoms with Crippen molar-refractivity contribution in [3.63, 3.8) is 0 Å². The third kappa shape index (κ3) is 6.68. The number of fused-ring (bicyclic) bond motifs is 1. The van der Waals surface area contributed by atoms with E-state index < -0.39 is 0 Å². The highest BCUT2D eigenvalue weighted by Crippen LogP contribution is 2.32. The number of aromatic nitrogens is 1. The van der Waals surface area contributed by atoms with Crippen LogP contribution in [0.25, 0.3) is 21.3 Å². The predicted octanol–water partition coefficient (Wildman–Crippen LogP) is 6.69. The molecule has 0 atom stereocenters. The van der Waals surface area contributed by atoms with Crippen LogP contribution in [-0.4, -0.2) is 56.6 Å². The molecule has 0 bridgehead atoms. The number of halogens is 2. The van der Waals surface area contributed by atoms with Crippen molar-refractivity contribution < 1.29 is 9.53 Å². The normalized spacial score (nSPS) is 10.8. The second kappa shape index (κ2) is 12.4. The first-order valence-electron chi connectivity index (χ1n) is 11.4. The van der Waals surface area contributed by atoms with E-state index in [9.17, 15) is 4.79 Å². The van der Waals surface area contributed by atoms with Crippen molar-refractivity contribution in [2.75, 3.05) is 51.1 Å². The average molecular weight is 546 g/mol. The summed E-state index contributed by atoms with van der Waals surface area (Å²) in [6, 6.07) is 18.9. The molecule has 6 nitrogen and oxygen atoms in total. The van der Waals surface area contributed by atoms with E-state index in [2.05, 4.69) is 29.2 Å². The Hall–Kier alpha value is -2.84. The molecule has 1 aromatic heterocycles. The molecule has 0 spiro atoms. The van der Waals surface area contributed by atoms with Gasteiger partial charge in [0.05, 0.1) is 21.8 Å². The molecule has 0 saturated heterocycles. The van der Waals surface area contributed by atoms with Gasteiger partial charge in [0.25, 0.3) is 5.91 Å². The van der Waals surface area contributed by atoms with Crippen LogP contribution in [0.15, 0.2) is 60.7 Å². The van der Waals surface area contributed by atoms with Crippen molar-refractivity contribution >= 4 is 62.3 Å². The molecule has 9 heteroatoms. The average Bonchev–Trinajstić information content (AvgIpc) is 3.26. The molecule has 4 aromatic rings. The standard InChI is InChI=1S/C27H29ClN4O2S.ClH/c1-5-34-21-11-12-22(23(28)17-21)18-6-8-19(9-7-18)26(33)29-20-10-13-24-25(16-20)35-27(30-24)32(4)15-14-31(2)3;/h6-13,16-17H,5,14-15H2,1-4H3,(H,29,33);1H. The van der Waals surface area contributed by atoms with E-state index in [1.54, 1.807) is 23.5 Å². The Bertz CT molecular complexity index is 1330. The Labute approximate surface area is 227 Å². The largest absolute Gasteiger partial charge is 0.494 e. The number of rotatable bonds is 9. The van der Waals surface area contributed by atoms with E-state index in [4.69, 9.17) is 21.3 Å². The monoisotopic (exact) mass is 544 g/mol. The lowest BCUT2D eigenvalue weighted by Gasteiger charge is -2.18. The number of carbonyl (C=O) groups excluding carboxylic acids is 1. The summed E-state index contributed by atoms with van der Waals surface area (Å²) in [6.45, 7) is 4.38. The van der Waals surface area contributed by atoms with E-state index in [0.29, 0.717) is 17.2 Å². The van der Waals surface area contributed by atoms with Crippen LogP contribution >= 0.6 is 35.3 Å². The summed E-state index contributed by atoms with van der Waals surface area (Å²) in [6.07, 6.45) is 0. The lowest BCUT2D eigenvalue weighted by Crippen LogP contribution is -2.28. The predicted molar refractivity (Wildman–Crippen MR) is 155 cm³/mol. The third-order valence-electron chi connectivity index (χ3n) is 5.55. The number of nitrogens with one attached hydrogen (secondary N) is 1. The number of nitrogens with zero attached hydrogens (tertiary/aromatic N) is 3. The van der Waals surface area contributed by atoms with E-state index in [-0.39, 0.29) is 18.3 Å². The van der Waals surface area contributed by atoms with Gasteiger partial charge in [-0.05, 0) is 75.1 Å². The maximum Gasteiger partial charge on any atom is 0.255 e. The highest BCUT2D eigenvalue weighted by molar-refractivity contribution is 7.22. The van der Waals surface area contributed by atoms with Crippen molar-refractivity contribution in [3.8, 4) is 16.9 Å². The fourth-order valence-corrected chi connectivity index (χ4v) is 4.86. The molecular weight excluding hydrogens is 515 g/mol. The number of thiazole rings is 1. The van der Waals surface area contributed by atoms with Crippen LogP contribution in [0.1, 0.15) is 17.3 Å². The number of amides is 1. The Kier molecular flexibility index (Phi) is 9.56. The lowest BCUT2D eigenvalue weighted by atomic mass is 10.0. The van der Waals surface area contributed by atoms with Gasteiger partial charge in [0.2, 0.25) is 0 Å². The molecule has 1 N–H and O–H groups in total. The first-order valence-corrected chi connectivity index (χ1v) is 12.6. The van der Waals surface area contributed by atoms with E-state index in [1.165, 1.54) is 0 Å². The second-order valence-corrected chi connectivity index (χ2v) is 9.93. The minimum absolute atomic E-state index is 0. The lowest BCUT2D eigenvalue weighted by molar-refractivity contribution is 0.102. The zero-order chi connectivity index (χ0) is 24.9. The van der Waals surface area contributed by atoms with Crippen LogP contribution < -0.4 is 15.0 Å². The minimum atomic E-state index is -0.165. The Balaban J connectivity index is 0.00000361. The molecule has 3 aromatic carbocycles. The number of benzene rings is 3. The highest BCUT2D eigenvalue weighted by atomic mass is 35.5. The fraction of sp³-hybridized carbons (Fsp3) is 0.259. The van der Waals surface area contributed by atoms with Gasteiger partial charge in [-0.1, -0.05) is 35.1 Å². The molecule has 0 aliphatic rings. The molecule has 190 valence electrons. The Morgan fingerprint density at radius 3 is 2.44 bits per heavy atom. The Morgan fingerprint density at radius 2 is 1.78 bits per heavy atom. The zero-order valence-electron chi connectivity index (χ0n) is 20.7. The van der Waals surface area contributed by atoms with Crippen molar-refractivity contribution in [1.29, 1.82) is 0 Å². The topological polar surface area (TPSA) is 57.7 Å². The molecule has 0 saturated carbocycles. The van der Waals surface area contributed by atoms with Gasteiger partial charge in [0.15, 0.2) is 5.13 Å². The molecule has 0 fully saturated rings. The first kappa shape index (κ1) is 27.7. The van der Waals surface area contributed by atoms with Gasteiger partial charge in [-0.2, -0.15) is 0 Å². The summed E-state index contributed by atoms with van der Waals surface area (Å²) >= 11 is 8.06. The molecule has 0 unspecified atom stereocenters. The second-order valence-electron chi connectivity index (χ2n) is 8.51. The molecule has 1 heterocycles. The number of hydrogen-bond donors (Lipinski definition) is 1. The summed E-state index contributed by atoms with van der Waals surface area (Å²) in [7, 11) is 6.17.